The Balaban J connectivity index is 2.86. The van der Waals surface area contributed by atoms with E-state index in [1.54, 1.807) is 7.05 Å². The third kappa shape index (κ3) is 2.25. The first-order chi connectivity index (χ1) is 6.31. The predicted octanol–water partition coefficient (Wildman–Crippen LogP) is 0.531. The maximum Gasteiger partial charge on any atom is 0.257 e. The average molecular weight is 196 g/mol. The normalized spacial score (nSPS) is 11.4. The second kappa shape index (κ2) is 3.32. The first kappa shape index (κ1) is 10.6. The average Bonchev–Trinajstić information content (AvgIpc) is 2.29. The van der Waals surface area contributed by atoms with E-state index in [1.165, 1.54) is 10.9 Å². The van der Waals surface area contributed by atoms with Gasteiger partial charge < -0.3 is 11.1 Å². The molecule has 0 aliphatic rings. The fourth-order valence-corrected chi connectivity index (χ4v) is 1.03. The topological polar surface area (TPSA) is 72.9 Å². The molecule has 5 nitrogen and oxygen atoms in total. The zero-order chi connectivity index (χ0) is 10.9. The Bertz CT molecular complexity index is 348. The monoisotopic (exact) mass is 196 g/mol. The van der Waals surface area contributed by atoms with Gasteiger partial charge in [-0.15, -0.1) is 0 Å². The molecule has 0 fully saturated rings. The first-order valence-electron chi connectivity index (χ1n) is 4.41. The van der Waals surface area contributed by atoms with Gasteiger partial charge in [0.05, 0.1) is 6.20 Å². The maximum absolute atomic E-state index is 11.7. The van der Waals surface area contributed by atoms with Crippen molar-refractivity contribution < 1.29 is 4.79 Å². The van der Waals surface area contributed by atoms with Crippen LogP contribution in [-0.2, 0) is 7.05 Å². The van der Waals surface area contributed by atoms with Crippen LogP contribution in [0.5, 0.6) is 0 Å². The number of hydrogen-bond donors (Lipinski definition) is 2. The van der Waals surface area contributed by atoms with Crippen molar-refractivity contribution >= 4 is 11.7 Å². The van der Waals surface area contributed by atoms with Gasteiger partial charge in [0.15, 0.2) is 0 Å². The van der Waals surface area contributed by atoms with Crippen molar-refractivity contribution in [2.45, 2.75) is 26.3 Å². The van der Waals surface area contributed by atoms with Gasteiger partial charge in [0.2, 0.25) is 0 Å². The summed E-state index contributed by atoms with van der Waals surface area (Å²) in [5.74, 6) is 0.190. The molecule has 0 saturated carbocycles. The number of aromatic nitrogens is 2. The zero-order valence-electron chi connectivity index (χ0n) is 8.96. The van der Waals surface area contributed by atoms with Crippen LogP contribution in [0.15, 0.2) is 6.20 Å². The molecule has 0 saturated heterocycles. The number of carbonyl (C=O) groups excluding carboxylic acids is 1. The molecule has 0 spiro atoms. The Hall–Kier alpha value is -1.52. The fourth-order valence-electron chi connectivity index (χ4n) is 1.03. The van der Waals surface area contributed by atoms with Crippen molar-refractivity contribution in [1.82, 2.24) is 15.1 Å². The molecule has 3 N–H and O–H groups in total. The molecule has 0 aliphatic carbocycles. The first-order valence-corrected chi connectivity index (χ1v) is 4.41. The van der Waals surface area contributed by atoms with Gasteiger partial charge in [0.25, 0.3) is 5.91 Å². The Labute approximate surface area is 83.3 Å². The molecule has 0 radical (unpaired) electrons. The molecule has 0 atom stereocenters. The third-order valence-electron chi connectivity index (χ3n) is 1.72. The summed E-state index contributed by atoms with van der Waals surface area (Å²) in [5, 5.41) is 6.72. The van der Waals surface area contributed by atoms with Crippen LogP contribution in [-0.4, -0.2) is 21.2 Å². The summed E-state index contributed by atoms with van der Waals surface area (Å²) < 4.78 is 1.47. The Morgan fingerprint density at radius 2 is 2.14 bits per heavy atom. The number of nitrogens with two attached hydrogens (primary N) is 1. The van der Waals surface area contributed by atoms with E-state index in [0.717, 1.165) is 0 Å². The molecular weight excluding hydrogens is 180 g/mol. The molecule has 5 heteroatoms. The van der Waals surface area contributed by atoms with Crippen LogP contribution in [0.1, 0.15) is 31.1 Å². The molecule has 1 aromatic rings. The van der Waals surface area contributed by atoms with E-state index >= 15 is 0 Å². The molecule has 1 aromatic heterocycles. The van der Waals surface area contributed by atoms with E-state index in [1.807, 2.05) is 20.8 Å². The zero-order valence-corrected chi connectivity index (χ0v) is 8.96. The highest BCUT2D eigenvalue weighted by Crippen LogP contribution is 2.10. The van der Waals surface area contributed by atoms with Gasteiger partial charge in [0, 0.05) is 12.6 Å². The highest BCUT2D eigenvalue weighted by molar-refractivity contribution is 5.98. The third-order valence-corrected chi connectivity index (χ3v) is 1.72. The van der Waals surface area contributed by atoms with Crippen molar-refractivity contribution in [1.29, 1.82) is 0 Å². The number of hydrogen-bond acceptors (Lipinski definition) is 3. The molecule has 1 heterocycles. The summed E-state index contributed by atoms with van der Waals surface area (Å²) in [4.78, 5) is 11.7. The number of rotatable bonds is 1. The Kier molecular flexibility index (Phi) is 2.51. The van der Waals surface area contributed by atoms with Crippen molar-refractivity contribution in [3.05, 3.63) is 11.8 Å². The standard InChI is InChI=1S/C9H16N4O/c1-9(2,3)12-8(14)6-5-11-13(4)7(6)10/h5H,10H2,1-4H3,(H,12,14). The predicted molar refractivity (Wildman–Crippen MR) is 54.8 cm³/mol. The minimum atomic E-state index is -0.265. The van der Waals surface area contributed by atoms with Crippen molar-refractivity contribution in [2.24, 2.45) is 7.05 Å². The summed E-state index contributed by atoms with van der Waals surface area (Å²) in [6.45, 7) is 5.74. The lowest BCUT2D eigenvalue weighted by Gasteiger charge is -2.20. The van der Waals surface area contributed by atoms with Gasteiger partial charge in [-0.25, -0.2) is 0 Å². The van der Waals surface area contributed by atoms with Crippen molar-refractivity contribution in [3.8, 4) is 0 Å². The minimum Gasteiger partial charge on any atom is -0.383 e. The van der Waals surface area contributed by atoms with Crippen LogP contribution in [0.4, 0.5) is 5.82 Å². The smallest absolute Gasteiger partial charge is 0.257 e. The summed E-state index contributed by atoms with van der Waals surface area (Å²) >= 11 is 0. The number of nitrogen functional groups attached to an aromatic ring is 1. The van der Waals surface area contributed by atoms with Gasteiger partial charge in [-0.1, -0.05) is 0 Å². The van der Waals surface area contributed by atoms with E-state index in [4.69, 9.17) is 5.73 Å². The van der Waals surface area contributed by atoms with Gasteiger partial charge >= 0.3 is 0 Å². The minimum absolute atomic E-state index is 0.192. The molecule has 0 aromatic carbocycles. The highest BCUT2D eigenvalue weighted by atomic mass is 16.1. The van der Waals surface area contributed by atoms with Crippen LogP contribution in [0, 0.1) is 0 Å². The van der Waals surface area contributed by atoms with E-state index in [9.17, 15) is 4.79 Å². The Morgan fingerprint density at radius 3 is 2.50 bits per heavy atom. The van der Waals surface area contributed by atoms with Crippen LogP contribution in [0.25, 0.3) is 0 Å². The van der Waals surface area contributed by atoms with E-state index in [-0.39, 0.29) is 11.4 Å². The second-order valence-corrected chi connectivity index (χ2v) is 4.27. The largest absolute Gasteiger partial charge is 0.383 e. The van der Waals surface area contributed by atoms with E-state index in [0.29, 0.717) is 11.4 Å². The van der Waals surface area contributed by atoms with E-state index in [2.05, 4.69) is 10.4 Å². The quantitative estimate of drug-likeness (QED) is 0.688. The molecule has 0 bridgehead atoms. The molecule has 78 valence electrons. The number of nitrogens with zero attached hydrogens (tertiary/aromatic N) is 2. The fraction of sp³-hybridized carbons (Fsp3) is 0.556. The van der Waals surface area contributed by atoms with Crippen LogP contribution in [0.3, 0.4) is 0 Å². The van der Waals surface area contributed by atoms with Gasteiger partial charge in [-0.2, -0.15) is 5.10 Å². The molecular formula is C9H16N4O. The van der Waals surface area contributed by atoms with Gasteiger partial charge in [-0.05, 0) is 20.8 Å². The highest BCUT2D eigenvalue weighted by Gasteiger charge is 2.19. The second-order valence-electron chi connectivity index (χ2n) is 4.27. The molecule has 1 rings (SSSR count). The number of aryl methyl sites for hydroxylation is 1. The molecule has 1 amide bonds. The van der Waals surface area contributed by atoms with Gasteiger partial charge in [0.1, 0.15) is 11.4 Å². The lowest BCUT2D eigenvalue weighted by atomic mass is 10.1. The Morgan fingerprint density at radius 1 is 1.57 bits per heavy atom. The van der Waals surface area contributed by atoms with E-state index < -0.39 is 0 Å². The number of anilines is 1. The summed E-state index contributed by atoms with van der Waals surface area (Å²) in [6.07, 6.45) is 1.47. The summed E-state index contributed by atoms with van der Waals surface area (Å²) in [5.41, 5.74) is 5.82. The van der Waals surface area contributed by atoms with Crippen molar-refractivity contribution in [3.63, 3.8) is 0 Å². The molecule has 0 unspecified atom stereocenters. The molecule has 0 aliphatic heterocycles. The number of nitrogens with one attached hydrogen (secondary N) is 1. The summed E-state index contributed by atoms with van der Waals surface area (Å²) in [7, 11) is 1.70. The lowest BCUT2D eigenvalue weighted by Crippen LogP contribution is -2.40. The van der Waals surface area contributed by atoms with Crippen LogP contribution >= 0.6 is 0 Å². The lowest BCUT2D eigenvalue weighted by molar-refractivity contribution is 0.0920. The maximum atomic E-state index is 11.7. The van der Waals surface area contributed by atoms with Crippen molar-refractivity contribution in [2.75, 3.05) is 5.73 Å². The van der Waals surface area contributed by atoms with Gasteiger partial charge in [-0.3, -0.25) is 9.48 Å². The SMILES string of the molecule is Cn1ncc(C(=O)NC(C)(C)C)c1N. The van der Waals surface area contributed by atoms with Crippen LogP contribution < -0.4 is 11.1 Å². The summed E-state index contributed by atoms with van der Waals surface area (Å²) in [6, 6.07) is 0. The number of amides is 1. The molecule has 14 heavy (non-hydrogen) atoms. The number of carbonyl (C=O) groups is 1. The van der Waals surface area contributed by atoms with Crippen LogP contribution in [0.2, 0.25) is 0 Å².